The fourth-order valence-corrected chi connectivity index (χ4v) is 2.95. The normalized spacial score (nSPS) is 12.1. The average molecular weight is 335 g/mol. The molecular formula is C18H21N7. The Morgan fingerprint density at radius 3 is 2.84 bits per heavy atom. The van der Waals surface area contributed by atoms with Gasteiger partial charge in [-0.15, -0.1) is 0 Å². The number of pyridine rings is 1. The summed E-state index contributed by atoms with van der Waals surface area (Å²) in [6.07, 6.45) is 3.31. The highest BCUT2D eigenvalue weighted by Crippen LogP contribution is 2.33. The number of anilines is 2. The van der Waals surface area contributed by atoms with Crippen LogP contribution in [0.5, 0.6) is 0 Å². The van der Waals surface area contributed by atoms with Crippen LogP contribution >= 0.6 is 0 Å². The number of rotatable bonds is 5. The van der Waals surface area contributed by atoms with Crippen molar-refractivity contribution >= 4 is 23.0 Å². The van der Waals surface area contributed by atoms with Gasteiger partial charge in [-0.25, -0.2) is 14.3 Å². The first-order chi connectivity index (χ1) is 12.0. The number of nitrogens with two attached hydrogens (primary N) is 1. The van der Waals surface area contributed by atoms with Gasteiger partial charge in [0.2, 0.25) is 0 Å². The second-order valence-electron chi connectivity index (χ2n) is 6.03. The molecule has 0 spiro atoms. The van der Waals surface area contributed by atoms with Gasteiger partial charge < -0.3 is 11.1 Å². The van der Waals surface area contributed by atoms with Crippen LogP contribution in [0.2, 0.25) is 0 Å². The van der Waals surface area contributed by atoms with Crippen LogP contribution in [0.1, 0.15) is 30.8 Å². The fraction of sp³-hybridized carbons (Fsp3) is 0.333. The summed E-state index contributed by atoms with van der Waals surface area (Å²) in [5, 5.41) is 7.75. The maximum absolute atomic E-state index is 7.48. The number of hydrogen-bond donors (Lipinski definition) is 2. The van der Waals surface area contributed by atoms with Crippen LogP contribution in [0.3, 0.4) is 0 Å². The minimum absolute atomic E-state index is 0.0545. The number of nitrogens with one attached hydrogen (secondary N) is 1. The lowest BCUT2D eigenvalue weighted by Crippen LogP contribution is -2.20. The highest BCUT2D eigenvalue weighted by atomic mass is 15.3. The maximum Gasteiger partial charge on any atom is 0.268 e. The van der Waals surface area contributed by atoms with Gasteiger partial charge in [-0.05, 0) is 32.4 Å². The number of nitrogens with zero attached hydrogens (tertiary/aromatic N) is 5. The molecule has 0 aromatic carbocycles. The predicted molar refractivity (Wildman–Crippen MR) is 98.8 cm³/mol. The Hall–Kier alpha value is -3.14. The Balaban J connectivity index is 1.99. The number of nitrogen functional groups attached to an aromatic ring is 1. The standard InChI is InChI=1S/C18H21N7/c1-5-14-12(3)24-25-16(19)15(20-4)17(23-18(14)25)22-11(2)10-13-8-6-7-9-21-13/h6-9,11H,5,10,19H2,1-3H3,(H,22,23)/t11-/m1/s1. The first-order valence-electron chi connectivity index (χ1n) is 8.26. The second-order valence-corrected chi connectivity index (χ2v) is 6.03. The van der Waals surface area contributed by atoms with E-state index in [1.54, 1.807) is 10.7 Å². The number of aryl methyl sites for hydroxylation is 2. The Bertz CT molecular complexity index is 938. The Morgan fingerprint density at radius 2 is 2.20 bits per heavy atom. The van der Waals surface area contributed by atoms with Gasteiger partial charge in [0.15, 0.2) is 5.65 Å². The smallest absolute Gasteiger partial charge is 0.268 e. The van der Waals surface area contributed by atoms with E-state index in [0.717, 1.165) is 29.8 Å². The first kappa shape index (κ1) is 16.7. The van der Waals surface area contributed by atoms with Gasteiger partial charge in [-0.3, -0.25) is 4.98 Å². The minimum Gasteiger partial charge on any atom is -0.392 e. The van der Waals surface area contributed by atoms with Crippen molar-refractivity contribution in [2.24, 2.45) is 0 Å². The van der Waals surface area contributed by atoms with Crippen LogP contribution in [0.4, 0.5) is 17.3 Å². The van der Waals surface area contributed by atoms with E-state index in [9.17, 15) is 0 Å². The zero-order chi connectivity index (χ0) is 18.0. The van der Waals surface area contributed by atoms with Crippen LogP contribution in [0, 0.1) is 13.5 Å². The molecule has 0 bridgehead atoms. The van der Waals surface area contributed by atoms with E-state index in [1.165, 1.54) is 0 Å². The van der Waals surface area contributed by atoms with Gasteiger partial charge in [0.25, 0.3) is 5.69 Å². The Morgan fingerprint density at radius 1 is 1.40 bits per heavy atom. The van der Waals surface area contributed by atoms with E-state index in [2.05, 4.69) is 32.2 Å². The molecule has 0 fully saturated rings. The summed E-state index contributed by atoms with van der Waals surface area (Å²) in [6.45, 7) is 13.5. The average Bonchev–Trinajstić information content (AvgIpc) is 2.91. The summed E-state index contributed by atoms with van der Waals surface area (Å²) >= 11 is 0. The van der Waals surface area contributed by atoms with Crippen molar-refractivity contribution in [3.63, 3.8) is 0 Å². The number of aromatic nitrogens is 4. The van der Waals surface area contributed by atoms with Gasteiger partial charge in [0.1, 0.15) is 11.6 Å². The maximum atomic E-state index is 7.48. The lowest BCUT2D eigenvalue weighted by molar-refractivity contribution is 0.765. The fourth-order valence-electron chi connectivity index (χ4n) is 2.95. The van der Waals surface area contributed by atoms with Gasteiger partial charge >= 0.3 is 0 Å². The zero-order valence-corrected chi connectivity index (χ0v) is 14.6. The van der Waals surface area contributed by atoms with Crippen molar-refractivity contribution in [3.05, 3.63) is 52.8 Å². The van der Waals surface area contributed by atoms with E-state index in [-0.39, 0.29) is 6.04 Å². The van der Waals surface area contributed by atoms with Crippen LogP contribution < -0.4 is 11.1 Å². The molecule has 0 unspecified atom stereocenters. The largest absolute Gasteiger partial charge is 0.392 e. The van der Waals surface area contributed by atoms with Crippen molar-refractivity contribution in [3.8, 4) is 0 Å². The van der Waals surface area contributed by atoms with Crippen molar-refractivity contribution in [1.29, 1.82) is 0 Å². The lowest BCUT2D eigenvalue weighted by atomic mass is 10.1. The molecule has 3 N–H and O–H groups in total. The zero-order valence-electron chi connectivity index (χ0n) is 14.6. The molecule has 3 aromatic rings. The molecule has 0 saturated carbocycles. The molecule has 7 heteroatoms. The molecule has 0 aliphatic heterocycles. The van der Waals surface area contributed by atoms with E-state index in [0.29, 0.717) is 23.0 Å². The van der Waals surface area contributed by atoms with E-state index < -0.39 is 0 Å². The second kappa shape index (κ2) is 6.77. The third kappa shape index (κ3) is 3.11. The molecule has 25 heavy (non-hydrogen) atoms. The summed E-state index contributed by atoms with van der Waals surface area (Å²) in [5.74, 6) is 0.813. The predicted octanol–water partition coefficient (Wildman–Crippen LogP) is 3.17. The SMILES string of the molecule is [C-]#[N+]c1c(N[C@H](C)Cc2ccccn2)nc2c(CC)c(C)nn2c1N. The van der Waals surface area contributed by atoms with Crippen molar-refractivity contribution < 1.29 is 0 Å². The topological polar surface area (TPSA) is 85.5 Å². The molecule has 3 aromatic heterocycles. The van der Waals surface area contributed by atoms with Crippen molar-refractivity contribution in [1.82, 2.24) is 19.6 Å². The molecular weight excluding hydrogens is 314 g/mol. The van der Waals surface area contributed by atoms with Crippen LogP contribution in [-0.4, -0.2) is 25.6 Å². The molecule has 128 valence electrons. The summed E-state index contributed by atoms with van der Waals surface area (Å²) in [7, 11) is 0. The summed E-state index contributed by atoms with van der Waals surface area (Å²) in [5.41, 5.74) is 10.1. The first-order valence-corrected chi connectivity index (χ1v) is 8.26. The molecule has 3 rings (SSSR count). The van der Waals surface area contributed by atoms with Crippen molar-refractivity contribution in [2.75, 3.05) is 11.1 Å². The number of hydrogen-bond acceptors (Lipinski definition) is 5. The van der Waals surface area contributed by atoms with E-state index in [4.69, 9.17) is 12.3 Å². The third-order valence-electron chi connectivity index (χ3n) is 4.16. The minimum atomic E-state index is 0.0545. The van der Waals surface area contributed by atoms with E-state index >= 15 is 0 Å². The van der Waals surface area contributed by atoms with Crippen molar-refractivity contribution in [2.45, 2.75) is 39.7 Å². The van der Waals surface area contributed by atoms with Crippen LogP contribution in [-0.2, 0) is 12.8 Å². The van der Waals surface area contributed by atoms with Gasteiger partial charge in [0, 0.05) is 29.9 Å². The van der Waals surface area contributed by atoms with Gasteiger partial charge in [-0.2, -0.15) is 5.10 Å². The summed E-state index contributed by atoms with van der Waals surface area (Å²) < 4.78 is 1.57. The molecule has 1 atom stereocenters. The highest BCUT2D eigenvalue weighted by Gasteiger charge is 2.19. The molecule has 0 aliphatic carbocycles. The molecule has 7 nitrogen and oxygen atoms in total. The van der Waals surface area contributed by atoms with Crippen LogP contribution in [0.25, 0.3) is 10.5 Å². The third-order valence-corrected chi connectivity index (χ3v) is 4.16. The van der Waals surface area contributed by atoms with Gasteiger partial charge in [0.05, 0.1) is 12.3 Å². The summed E-state index contributed by atoms with van der Waals surface area (Å²) in [6, 6.07) is 5.89. The van der Waals surface area contributed by atoms with Crippen LogP contribution in [0.15, 0.2) is 24.4 Å². The number of fused-ring (bicyclic) bond motifs is 1. The highest BCUT2D eigenvalue weighted by molar-refractivity contribution is 5.80. The van der Waals surface area contributed by atoms with Gasteiger partial charge in [-0.1, -0.05) is 13.0 Å². The lowest BCUT2D eigenvalue weighted by Gasteiger charge is -2.16. The Labute approximate surface area is 146 Å². The molecule has 0 aliphatic rings. The molecule has 3 heterocycles. The quantitative estimate of drug-likeness (QED) is 0.700. The Kier molecular flexibility index (Phi) is 4.52. The molecule has 0 saturated heterocycles. The monoisotopic (exact) mass is 335 g/mol. The molecule has 0 radical (unpaired) electrons. The van der Waals surface area contributed by atoms with E-state index in [1.807, 2.05) is 32.0 Å². The summed E-state index contributed by atoms with van der Waals surface area (Å²) in [4.78, 5) is 12.6. The molecule has 0 amide bonds.